The van der Waals surface area contributed by atoms with E-state index in [0.717, 1.165) is 18.7 Å². The van der Waals surface area contributed by atoms with Gasteiger partial charge in [0.15, 0.2) is 5.69 Å². The largest absolute Gasteiger partial charge is 0.476 e. The minimum atomic E-state index is -1.07. The summed E-state index contributed by atoms with van der Waals surface area (Å²) in [7, 11) is 0. The molecule has 3 N–H and O–H groups in total. The molecule has 0 spiro atoms. The number of nitrogen functional groups attached to an aromatic ring is 1. The summed E-state index contributed by atoms with van der Waals surface area (Å²) < 4.78 is 1.74. The smallest absolute Gasteiger partial charge is 0.356 e. The number of carbonyl (C=O) groups is 1. The SMILES string of the molecule is Nc1nccn2c(C3CC3)nc(C(=O)O)c12. The predicted molar refractivity (Wildman–Crippen MR) is 56.3 cm³/mol. The van der Waals surface area contributed by atoms with Crippen LogP contribution in [-0.4, -0.2) is 25.4 Å². The first kappa shape index (κ1) is 9.14. The van der Waals surface area contributed by atoms with Gasteiger partial charge in [-0.2, -0.15) is 0 Å². The number of hydrogen-bond donors (Lipinski definition) is 2. The Labute approximate surface area is 90.7 Å². The molecule has 82 valence electrons. The number of imidazole rings is 1. The highest BCUT2D eigenvalue weighted by molar-refractivity contribution is 5.97. The molecule has 2 aromatic heterocycles. The fourth-order valence-electron chi connectivity index (χ4n) is 1.87. The van der Waals surface area contributed by atoms with Crippen LogP contribution >= 0.6 is 0 Å². The third kappa shape index (κ3) is 1.16. The minimum absolute atomic E-state index is 0.00694. The van der Waals surface area contributed by atoms with Crippen molar-refractivity contribution in [2.45, 2.75) is 18.8 Å². The highest BCUT2D eigenvalue weighted by Crippen LogP contribution is 2.40. The van der Waals surface area contributed by atoms with E-state index in [-0.39, 0.29) is 11.5 Å². The Morgan fingerprint density at radius 3 is 2.94 bits per heavy atom. The molecule has 0 unspecified atom stereocenters. The van der Waals surface area contributed by atoms with Crippen LogP contribution in [0.3, 0.4) is 0 Å². The summed E-state index contributed by atoms with van der Waals surface area (Å²) in [6.45, 7) is 0. The van der Waals surface area contributed by atoms with Crippen LogP contribution < -0.4 is 5.73 Å². The van der Waals surface area contributed by atoms with Crippen molar-refractivity contribution >= 4 is 17.3 Å². The summed E-state index contributed by atoms with van der Waals surface area (Å²) in [5.41, 5.74) is 6.09. The van der Waals surface area contributed by atoms with E-state index in [4.69, 9.17) is 10.8 Å². The monoisotopic (exact) mass is 218 g/mol. The number of aromatic nitrogens is 3. The van der Waals surface area contributed by atoms with Crippen LogP contribution in [0.25, 0.3) is 5.52 Å². The molecule has 1 aliphatic rings. The van der Waals surface area contributed by atoms with E-state index in [1.807, 2.05) is 0 Å². The lowest BCUT2D eigenvalue weighted by Crippen LogP contribution is -2.01. The predicted octanol–water partition coefficient (Wildman–Crippen LogP) is 0.887. The Balaban J connectivity index is 2.37. The van der Waals surface area contributed by atoms with Crippen LogP contribution in [0.1, 0.15) is 35.1 Å². The summed E-state index contributed by atoms with van der Waals surface area (Å²) in [5, 5.41) is 9.06. The average molecular weight is 218 g/mol. The van der Waals surface area contributed by atoms with Crippen molar-refractivity contribution in [2.75, 3.05) is 5.73 Å². The molecule has 2 heterocycles. The van der Waals surface area contributed by atoms with Crippen molar-refractivity contribution in [1.82, 2.24) is 14.4 Å². The number of anilines is 1. The third-order valence-corrected chi connectivity index (χ3v) is 2.76. The van der Waals surface area contributed by atoms with E-state index in [1.165, 1.54) is 0 Å². The van der Waals surface area contributed by atoms with E-state index in [9.17, 15) is 4.79 Å². The lowest BCUT2D eigenvalue weighted by atomic mass is 10.3. The van der Waals surface area contributed by atoms with Gasteiger partial charge in [-0.25, -0.2) is 14.8 Å². The maximum absolute atomic E-state index is 11.1. The number of rotatable bonds is 2. The fraction of sp³-hybridized carbons (Fsp3) is 0.300. The number of hydrogen-bond acceptors (Lipinski definition) is 4. The van der Waals surface area contributed by atoms with E-state index >= 15 is 0 Å². The van der Waals surface area contributed by atoms with Crippen molar-refractivity contribution in [3.63, 3.8) is 0 Å². The summed E-state index contributed by atoms with van der Waals surface area (Å²) in [6.07, 6.45) is 5.38. The third-order valence-electron chi connectivity index (χ3n) is 2.76. The highest BCUT2D eigenvalue weighted by atomic mass is 16.4. The first-order chi connectivity index (χ1) is 7.68. The fourth-order valence-corrected chi connectivity index (χ4v) is 1.87. The quantitative estimate of drug-likeness (QED) is 0.780. The molecule has 1 fully saturated rings. The van der Waals surface area contributed by atoms with E-state index in [2.05, 4.69) is 9.97 Å². The number of carboxylic acids is 1. The van der Waals surface area contributed by atoms with Gasteiger partial charge >= 0.3 is 5.97 Å². The molecule has 6 heteroatoms. The minimum Gasteiger partial charge on any atom is -0.476 e. The van der Waals surface area contributed by atoms with Gasteiger partial charge in [-0.15, -0.1) is 0 Å². The number of nitrogens with zero attached hydrogens (tertiary/aromatic N) is 3. The van der Waals surface area contributed by atoms with Crippen LogP contribution in [0.5, 0.6) is 0 Å². The molecule has 0 radical (unpaired) electrons. The molecule has 1 aliphatic carbocycles. The highest BCUT2D eigenvalue weighted by Gasteiger charge is 2.31. The lowest BCUT2D eigenvalue weighted by Gasteiger charge is -1.99. The van der Waals surface area contributed by atoms with E-state index in [1.54, 1.807) is 16.8 Å². The molecule has 16 heavy (non-hydrogen) atoms. The maximum atomic E-state index is 11.1. The summed E-state index contributed by atoms with van der Waals surface area (Å²) >= 11 is 0. The Morgan fingerprint density at radius 1 is 1.56 bits per heavy atom. The molecular weight excluding hydrogens is 208 g/mol. The van der Waals surface area contributed by atoms with Crippen LogP contribution in [0.4, 0.5) is 5.82 Å². The van der Waals surface area contributed by atoms with Gasteiger partial charge in [0.2, 0.25) is 0 Å². The second-order valence-corrected chi connectivity index (χ2v) is 3.93. The Kier molecular flexibility index (Phi) is 1.68. The van der Waals surface area contributed by atoms with Crippen LogP contribution in [-0.2, 0) is 0 Å². The summed E-state index contributed by atoms with van der Waals surface area (Å²) in [4.78, 5) is 19.1. The van der Waals surface area contributed by atoms with Gasteiger partial charge in [-0.3, -0.25) is 4.40 Å². The van der Waals surface area contributed by atoms with Crippen LogP contribution in [0, 0.1) is 0 Å². The van der Waals surface area contributed by atoms with Crippen molar-refractivity contribution < 1.29 is 9.90 Å². The molecule has 6 nitrogen and oxygen atoms in total. The van der Waals surface area contributed by atoms with Crippen molar-refractivity contribution in [1.29, 1.82) is 0 Å². The van der Waals surface area contributed by atoms with Crippen molar-refractivity contribution in [3.8, 4) is 0 Å². The van der Waals surface area contributed by atoms with E-state index in [0.29, 0.717) is 11.4 Å². The average Bonchev–Trinajstić information content (AvgIpc) is 2.99. The van der Waals surface area contributed by atoms with Gasteiger partial charge in [0.25, 0.3) is 0 Å². The van der Waals surface area contributed by atoms with Gasteiger partial charge in [0.05, 0.1) is 0 Å². The number of aromatic carboxylic acids is 1. The molecule has 0 amide bonds. The molecule has 0 bridgehead atoms. The van der Waals surface area contributed by atoms with Gasteiger partial charge in [0.1, 0.15) is 17.2 Å². The number of carboxylic acid groups (broad SMARTS) is 1. The van der Waals surface area contributed by atoms with Gasteiger partial charge in [-0.05, 0) is 12.8 Å². The lowest BCUT2D eigenvalue weighted by molar-refractivity contribution is 0.0693. The summed E-state index contributed by atoms with van der Waals surface area (Å²) in [5.74, 6) is 0.285. The van der Waals surface area contributed by atoms with E-state index < -0.39 is 5.97 Å². The topological polar surface area (TPSA) is 93.5 Å². The van der Waals surface area contributed by atoms with Crippen molar-refractivity contribution in [3.05, 3.63) is 23.9 Å². The maximum Gasteiger partial charge on any atom is 0.356 e. The summed E-state index contributed by atoms with van der Waals surface area (Å²) in [6, 6.07) is 0. The molecule has 0 saturated heterocycles. The van der Waals surface area contributed by atoms with Gasteiger partial charge in [0, 0.05) is 18.3 Å². The Hall–Kier alpha value is -2.11. The molecule has 0 aromatic carbocycles. The molecule has 0 aliphatic heterocycles. The zero-order valence-corrected chi connectivity index (χ0v) is 8.42. The number of nitrogens with two attached hydrogens (primary N) is 1. The first-order valence-electron chi connectivity index (χ1n) is 5.04. The normalized spacial score (nSPS) is 15.5. The molecule has 1 saturated carbocycles. The van der Waals surface area contributed by atoms with Crippen LogP contribution in [0.15, 0.2) is 12.4 Å². The Morgan fingerprint density at radius 2 is 2.31 bits per heavy atom. The second kappa shape index (κ2) is 2.94. The van der Waals surface area contributed by atoms with Crippen molar-refractivity contribution in [2.24, 2.45) is 0 Å². The zero-order valence-electron chi connectivity index (χ0n) is 8.42. The molecule has 3 rings (SSSR count). The van der Waals surface area contributed by atoms with Gasteiger partial charge in [-0.1, -0.05) is 0 Å². The first-order valence-corrected chi connectivity index (χ1v) is 5.04. The zero-order chi connectivity index (χ0) is 11.3. The second-order valence-electron chi connectivity index (χ2n) is 3.93. The molecule has 0 atom stereocenters. The molecular formula is C10H10N4O2. The standard InChI is InChI=1S/C10H10N4O2/c11-8-7-6(10(15)16)13-9(5-1-2-5)14(7)4-3-12-8/h3-5H,1-2H2,(H2,11,12)(H,15,16). The van der Waals surface area contributed by atoms with Gasteiger partial charge < -0.3 is 10.8 Å². The number of fused-ring (bicyclic) bond motifs is 1. The Bertz CT molecular complexity index is 586. The van der Waals surface area contributed by atoms with Crippen LogP contribution in [0.2, 0.25) is 0 Å². The molecule has 2 aromatic rings.